The van der Waals surface area contributed by atoms with Gasteiger partial charge in [0.2, 0.25) is 11.8 Å². The fourth-order valence-corrected chi connectivity index (χ4v) is 4.48. The molecule has 0 unspecified atom stereocenters. The Kier molecular flexibility index (Phi) is 11.5. The van der Waals surface area contributed by atoms with Crippen molar-refractivity contribution in [2.75, 3.05) is 20.2 Å². The van der Waals surface area contributed by atoms with Crippen molar-refractivity contribution in [1.29, 1.82) is 0 Å². The number of aliphatic hydroxyl groups excluding tert-OH is 1. The predicted octanol–water partition coefficient (Wildman–Crippen LogP) is 3.20. The van der Waals surface area contributed by atoms with Gasteiger partial charge in [-0.3, -0.25) is 9.59 Å². The van der Waals surface area contributed by atoms with Crippen molar-refractivity contribution in [2.24, 2.45) is 5.92 Å². The van der Waals surface area contributed by atoms with Gasteiger partial charge in [0.1, 0.15) is 6.04 Å². The molecule has 4 N–H and O–H groups in total. The van der Waals surface area contributed by atoms with E-state index in [2.05, 4.69) is 10.6 Å². The molecular formula is C24H36ClN3O5. The van der Waals surface area contributed by atoms with E-state index in [9.17, 15) is 19.5 Å². The molecule has 0 bridgehead atoms. The second kappa shape index (κ2) is 14.1. The number of hydrogen-bond donors (Lipinski definition) is 4. The Hall–Kier alpha value is -2.32. The van der Waals surface area contributed by atoms with Gasteiger partial charge in [0, 0.05) is 25.0 Å². The highest BCUT2D eigenvalue weighted by molar-refractivity contribution is 6.31. The van der Waals surface area contributed by atoms with Crippen molar-refractivity contribution in [2.45, 2.75) is 69.9 Å². The van der Waals surface area contributed by atoms with E-state index in [0.717, 1.165) is 31.2 Å². The number of likely N-dealkylation sites (N-methyl/N-ethyl adjacent to an activating group) is 1. The van der Waals surface area contributed by atoms with Crippen LogP contribution in [0.3, 0.4) is 0 Å². The molecule has 1 aromatic rings. The highest BCUT2D eigenvalue weighted by Crippen LogP contribution is 2.27. The molecule has 0 saturated heterocycles. The molecule has 0 radical (unpaired) electrons. The highest BCUT2D eigenvalue weighted by atomic mass is 35.5. The van der Waals surface area contributed by atoms with Crippen molar-refractivity contribution in [3.63, 3.8) is 0 Å². The molecule has 1 aliphatic rings. The van der Waals surface area contributed by atoms with Crippen molar-refractivity contribution >= 4 is 29.5 Å². The maximum atomic E-state index is 12.7. The van der Waals surface area contributed by atoms with Gasteiger partial charge in [0.25, 0.3) is 0 Å². The van der Waals surface area contributed by atoms with Crippen LogP contribution in [0.4, 0.5) is 4.79 Å². The molecule has 0 aromatic heterocycles. The lowest BCUT2D eigenvalue weighted by Gasteiger charge is -2.27. The first-order chi connectivity index (χ1) is 15.8. The maximum Gasteiger partial charge on any atom is 0.405 e. The molecule has 0 aliphatic heterocycles. The Morgan fingerprint density at radius 1 is 1.15 bits per heavy atom. The monoisotopic (exact) mass is 481 g/mol. The largest absolute Gasteiger partial charge is 0.465 e. The van der Waals surface area contributed by atoms with E-state index in [1.54, 1.807) is 11.9 Å². The molecule has 0 heterocycles. The van der Waals surface area contributed by atoms with Crippen LogP contribution >= 0.6 is 11.6 Å². The Labute approximate surface area is 200 Å². The third-order valence-corrected chi connectivity index (χ3v) is 6.65. The number of aliphatic hydroxyl groups is 1. The summed E-state index contributed by atoms with van der Waals surface area (Å²) in [6, 6.07) is 6.01. The summed E-state index contributed by atoms with van der Waals surface area (Å²) in [5, 5.41) is 24.5. The molecule has 184 valence electrons. The third-order valence-electron chi connectivity index (χ3n) is 6.28. The van der Waals surface area contributed by atoms with Crippen LogP contribution in [0.25, 0.3) is 0 Å². The first-order valence-electron chi connectivity index (χ1n) is 11.7. The molecule has 1 aromatic carbocycles. The number of benzene rings is 1. The average Bonchev–Trinajstić information content (AvgIpc) is 2.80. The van der Waals surface area contributed by atoms with Gasteiger partial charge in [-0.15, -0.1) is 0 Å². The fourth-order valence-electron chi connectivity index (χ4n) is 4.25. The topological polar surface area (TPSA) is 119 Å². The number of amides is 3. The summed E-state index contributed by atoms with van der Waals surface area (Å²) >= 11 is 6.16. The third kappa shape index (κ3) is 9.60. The van der Waals surface area contributed by atoms with E-state index in [1.807, 2.05) is 24.3 Å². The normalized spacial score (nSPS) is 16.0. The van der Waals surface area contributed by atoms with Crippen LogP contribution in [0, 0.1) is 5.92 Å². The zero-order valence-electron chi connectivity index (χ0n) is 19.3. The standard InChI is InChI=1S/C24H36ClN3O5/c1-28(14-13-18-9-5-6-10-20(18)25)22(30)12-11-19(16-29)26-23(31)21(27-24(32)33)15-17-7-3-2-4-8-17/h5-6,9-10,17,19,21,27,29H,2-4,7-8,11-16H2,1H3,(H,26,31)(H,32,33)/t19-,21-/m0/s1. The Balaban J connectivity index is 1.82. The molecule has 1 fully saturated rings. The minimum absolute atomic E-state index is 0.0998. The lowest BCUT2D eigenvalue weighted by molar-refractivity contribution is -0.130. The minimum Gasteiger partial charge on any atom is -0.465 e. The summed E-state index contributed by atoms with van der Waals surface area (Å²) in [7, 11) is 1.71. The molecule has 33 heavy (non-hydrogen) atoms. The molecule has 1 aliphatic carbocycles. The molecule has 3 amide bonds. The summed E-state index contributed by atoms with van der Waals surface area (Å²) in [4.78, 5) is 38.0. The second-order valence-corrected chi connectivity index (χ2v) is 9.23. The van der Waals surface area contributed by atoms with E-state index in [-0.39, 0.29) is 25.4 Å². The van der Waals surface area contributed by atoms with E-state index in [1.165, 1.54) is 6.42 Å². The number of halogens is 1. The van der Waals surface area contributed by atoms with Crippen LogP contribution < -0.4 is 10.6 Å². The summed E-state index contributed by atoms with van der Waals surface area (Å²) in [5.74, 6) is -0.249. The lowest BCUT2D eigenvalue weighted by atomic mass is 9.84. The van der Waals surface area contributed by atoms with Gasteiger partial charge in [-0.25, -0.2) is 4.79 Å². The molecular weight excluding hydrogens is 446 g/mol. The van der Waals surface area contributed by atoms with Crippen LogP contribution in [0.2, 0.25) is 5.02 Å². The number of hydrogen-bond acceptors (Lipinski definition) is 4. The predicted molar refractivity (Wildman–Crippen MR) is 127 cm³/mol. The maximum absolute atomic E-state index is 12.7. The van der Waals surface area contributed by atoms with Crippen LogP contribution in [0.15, 0.2) is 24.3 Å². The number of carbonyl (C=O) groups excluding carboxylic acids is 2. The Bertz CT molecular complexity index is 785. The summed E-state index contributed by atoms with van der Waals surface area (Å²) < 4.78 is 0. The molecule has 2 rings (SSSR count). The number of carboxylic acid groups (broad SMARTS) is 1. The van der Waals surface area contributed by atoms with Gasteiger partial charge in [-0.2, -0.15) is 0 Å². The van der Waals surface area contributed by atoms with E-state index in [4.69, 9.17) is 16.7 Å². The quantitative estimate of drug-likeness (QED) is 0.365. The van der Waals surface area contributed by atoms with Gasteiger partial charge in [-0.05, 0) is 36.8 Å². The van der Waals surface area contributed by atoms with Crippen LogP contribution in [-0.4, -0.2) is 65.3 Å². The fraction of sp³-hybridized carbons (Fsp3) is 0.625. The van der Waals surface area contributed by atoms with E-state index < -0.39 is 24.1 Å². The summed E-state index contributed by atoms with van der Waals surface area (Å²) in [5.41, 5.74) is 0.967. The Morgan fingerprint density at radius 2 is 1.85 bits per heavy atom. The zero-order chi connectivity index (χ0) is 24.2. The minimum atomic E-state index is -1.25. The SMILES string of the molecule is CN(CCc1ccccc1Cl)C(=O)CC[C@@H](CO)NC(=O)[C@H](CC1CCCCC1)NC(=O)O. The van der Waals surface area contributed by atoms with Crippen LogP contribution in [-0.2, 0) is 16.0 Å². The van der Waals surface area contributed by atoms with E-state index >= 15 is 0 Å². The number of rotatable bonds is 12. The molecule has 0 spiro atoms. The lowest BCUT2D eigenvalue weighted by Crippen LogP contribution is -2.51. The Morgan fingerprint density at radius 3 is 2.48 bits per heavy atom. The van der Waals surface area contributed by atoms with Gasteiger partial charge in [0.15, 0.2) is 0 Å². The van der Waals surface area contributed by atoms with Crippen molar-refractivity contribution < 1.29 is 24.6 Å². The summed E-state index contributed by atoms with van der Waals surface area (Å²) in [6.45, 7) is 0.177. The van der Waals surface area contributed by atoms with Crippen LogP contribution in [0.5, 0.6) is 0 Å². The van der Waals surface area contributed by atoms with Gasteiger partial charge in [-0.1, -0.05) is 61.9 Å². The highest BCUT2D eigenvalue weighted by Gasteiger charge is 2.27. The first kappa shape index (κ1) is 26.9. The molecule has 2 atom stereocenters. The first-order valence-corrected chi connectivity index (χ1v) is 12.1. The second-order valence-electron chi connectivity index (χ2n) is 8.83. The van der Waals surface area contributed by atoms with Crippen molar-refractivity contribution in [1.82, 2.24) is 15.5 Å². The summed E-state index contributed by atoms with van der Waals surface area (Å²) in [6.07, 6.45) is 5.59. The molecule has 9 heteroatoms. The molecule has 1 saturated carbocycles. The van der Waals surface area contributed by atoms with Crippen molar-refractivity contribution in [3.8, 4) is 0 Å². The molecule has 8 nitrogen and oxygen atoms in total. The van der Waals surface area contributed by atoms with Gasteiger partial charge in [0.05, 0.1) is 12.6 Å². The van der Waals surface area contributed by atoms with Gasteiger partial charge >= 0.3 is 6.09 Å². The smallest absolute Gasteiger partial charge is 0.405 e. The van der Waals surface area contributed by atoms with Crippen molar-refractivity contribution in [3.05, 3.63) is 34.9 Å². The number of carbonyl (C=O) groups is 3. The van der Waals surface area contributed by atoms with Crippen LogP contribution in [0.1, 0.15) is 56.9 Å². The van der Waals surface area contributed by atoms with E-state index in [0.29, 0.717) is 30.3 Å². The van der Waals surface area contributed by atoms with Gasteiger partial charge < -0.3 is 25.7 Å². The number of nitrogens with one attached hydrogen (secondary N) is 2. The average molecular weight is 482 g/mol. The number of nitrogens with zero attached hydrogens (tertiary/aromatic N) is 1. The zero-order valence-corrected chi connectivity index (χ0v) is 20.0.